The SMILES string of the molecule is NC(=S)c1ccc(Br)cc1NC(=O)c1ccc(F)cc1I. The van der Waals surface area contributed by atoms with Crippen LogP contribution in [0.15, 0.2) is 40.9 Å². The van der Waals surface area contributed by atoms with Crippen LogP contribution in [0.2, 0.25) is 0 Å². The van der Waals surface area contributed by atoms with Crippen LogP contribution >= 0.6 is 50.7 Å². The number of benzene rings is 2. The highest BCUT2D eigenvalue weighted by Crippen LogP contribution is 2.23. The quantitative estimate of drug-likeness (QED) is 0.516. The smallest absolute Gasteiger partial charge is 0.256 e. The van der Waals surface area contributed by atoms with Crippen molar-refractivity contribution < 1.29 is 9.18 Å². The molecule has 21 heavy (non-hydrogen) atoms. The second kappa shape index (κ2) is 6.80. The van der Waals surface area contributed by atoms with E-state index in [4.69, 9.17) is 18.0 Å². The normalized spacial score (nSPS) is 10.2. The van der Waals surface area contributed by atoms with Gasteiger partial charge in [0.25, 0.3) is 5.91 Å². The van der Waals surface area contributed by atoms with Gasteiger partial charge in [-0.2, -0.15) is 0 Å². The minimum absolute atomic E-state index is 0.187. The molecule has 0 radical (unpaired) electrons. The standard InChI is InChI=1S/C14H9BrFIN2OS/c15-7-1-3-10(13(18)21)12(5-7)19-14(20)9-4-2-8(16)6-11(9)17/h1-6H,(H2,18,21)(H,19,20). The molecular weight excluding hydrogens is 470 g/mol. The molecule has 0 unspecified atom stereocenters. The summed E-state index contributed by atoms with van der Waals surface area (Å²) in [6, 6.07) is 9.19. The number of hydrogen-bond donors (Lipinski definition) is 2. The van der Waals surface area contributed by atoms with Gasteiger partial charge in [0, 0.05) is 13.6 Å². The van der Waals surface area contributed by atoms with E-state index in [-0.39, 0.29) is 16.7 Å². The van der Waals surface area contributed by atoms with Crippen LogP contribution in [-0.2, 0) is 0 Å². The van der Waals surface area contributed by atoms with Crippen LogP contribution in [0.1, 0.15) is 15.9 Å². The van der Waals surface area contributed by atoms with Gasteiger partial charge in [-0.15, -0.1) is 0 Å². The zero-order valence-electron chi connectivity index (χ0n) is 10.5. The molecule has 108 valence electrons. The van der Waals surface area contributed by atoms with Crippen molar-refractivity contribution in [2.75, 3.05) is 5.32 Å². The van der Waals surface area contributed by atoms with E-state index in [1.165, 1.54) is 18.2 Å². The number of nitrogens with one attached hydrogen (secondary N) is 1. The Balaban J connectivity index is 2.35. The molecule has 2 aromatic carbocycles. The molecule has 0 aromatic heterocycles. The fourth-order valence-corrected chi connectivity index (χ4v) is 2.96. The van der Waals surface area contributed by atoms with Gasteiger partial charge < -0.3 is 11.1 Å². The third kappa shape index (κ3) is 3.98. The Labute approximate surface area is 148 Å². The van der Waals surface area contributed by atoms with Gasteiger partial charge >= 0.3 is 0 Å². The summed E-state index contributed by atoms with van der Waals surface area (Å²) in [4.78, 5) is 12.5. The third-order valence-electron chi connectivity index (χ3n) is 2.67. The fourth-order valence-electron chi connectivity index (χ4n) is 1.70. The number of nitrogens with two attached hydrogens (primary N) is 1. The van der Waals surface area contributed by atoms with Gasteiger partial charge in [0.05, 0.1) is 11.3 Å². The number of rotatable bonds is 3. The highest BCUT2D eigenvalue weighted by molar-refractivity contribution is 14.1. The summed E-state index contributed by atoms with van der Waals surface area (Å²) in [5, 5.41) is 2.75. The number of anilines is 1. The molecule has 0 bridgehead atoms. The molecule has 7 heteroatoms. The predicted molar refractivity (Wildman–Crippen MR) is 97.1 cm³/mol. The van der Waals surface area contributed by atoms with Crippen LogP contribution < -0.4 is 11.1 Å². The molecular formula is C14H9BrFIN2OS. The maximum atomic E-state index is 13.1. The number of amides is 1. The average Bonchev–Trinajstić information content (AvgIpc) is 2.37. The molecule has 0 aliphatic rings. The van der Waals surface area contributed by atoms with Crippen LogP contribution in [-0.4, -0.2) is 10.9 Å². The molecule has 3 nitrogen and oxygen atoms in total. The molecule has 1 amide bonds. The van der Waals surface area contributed by atoms with E-state index in [1.54, 1.807) is 18.2 Å². The molecule has 3 N–H and O–H groups in total. The van der Waals surface area contributed by atoms with E-state index in [9.17, 15) is 9.18 Å². The first-order valence-corrected chi connectivity index (χ1v) is 8.02. The summed E-state index contributed by atoms with van der Waals surface area (Å²) in [6.07, 6.45) is 0. The largest absolute Gasteiger partial charge is 0.389 e. The Morgan fingerprint density at radius 1 is 1.24 bits per heavy atom. The molecule has 0 saturated carbocycles. The van der Waals surface area contributed by atoms with Crippen molar-refractivity contribution in [2.24, 2.45) is 5.73 Å². The van der Waals surface area contributed by atoms with Crippen molar-refractivity contribution in [3.8, 4) is 0 Å². The topological polar surface area (TPSA) is 55.1 Å². The van der Waals surface area contributed by atoms with Crippen molar-refractivity contribution >= 4 is 67.3 Å². The molecule has 0 aliphatic heterocycles. The Bertz CT molecular complexity index is 739. The van der Waals surface area contributed by atoms with Crippen LogP contribution in [0.3, 0.4) is 0 Å². The summed E-state index contributed by atoms with van der Waals surface area (Å²) in [6.45, 7) is 0. The van der Waals surface area contributed by atoms with Crippen LogP contribution in [0.4, 0.5) is 10.1 Å². The molecule has 0 saturated heterocycles. The van der Waals surface area contributed by atoms with Gasteiger partial charge in [-0.25, -0.2) is 4.39 Å². The molecule has 0 spiro atoms. The molecule has 0 atom stereocenters. The molecule has 0 aliphatic carbocycles. The lowest BCUT2D eigenvalue weighted by Crippen LogP contribution is -2.18. The van der Waals surface area contributed by atoms with Gasteiger partial charge in [0.1, 0.15) is 10.8 Å². The maximum absolute atomic E-state index is 13.1. The van der Waals surface area contributed by atoms with Gasteiger partial charge in [-0.3, -0.25) is 4.79 Å². The van der Waals surface area contributed by atoms with Gasteiger partial charge in [-0.05, 0) is 59.0 Å². The van der Waals surface area contributed by atoms with Crippen LogP contribution in [0.25, 0.3) is 0 Å². The zero-order chi connectivity index (χ0) is 15.6. The monoisotopic (exact) mass is 478 g/mol. The summed E-state index contributed by atoms with van der Waals surface area (Å²) in [5.74, 6) is -0.739. The second-order valence-corrected chi connectivity index (χ2v) is 6.65. The molecule has 0 fully saturated rings. The first kappa shape index (κ1) is 16.3. The highest BCUT2D eigenvalue weighted by Gasteiger charge is 2.14. The average molecular weight is 479 g/mol. The lowest BCUT2D eigenvalue weighted by Gasteiger charge is -2.11. The molecule has 2 rings (SSSR count). The van der Waals surface area contributed by atoms with Crippen molar-refractivity contribution in [2.45, 2.75) is 0 Å². The minimum atomic E-state index is -0.387. The van der Waals surface area contributed by atoms with Gasteiger partial charge in [0.15, 0.2) is 0 Å². The second-order valence-electron chi connectivity index (χ2n) is 4.13. The van der Waals surface area contributed by atoms with Crippen molar-refractivity contribution in [1.82, 2.24) is 0 Å². The van der Waals surface area contributed by atoms with Gasteiger partial charge in [0.2, 0.25) is 0 Å². The maximum Gasteiger partial charge on any atom is 0.256 e. The minimum Gasteiger partial charge on any atom is -0.389 e. The Morgan fingerprint density at radius 3 is 2.52 bits per heavy atom. The van der Waals surface area contributed by atoms with E-state index in [0.29, 0.717) is 20.4 Å². The zero-order valence-corrected chi connectivity index (χ0v) is 15.1. The van der Waals surface area contributed by atoms with E-state index in [1.807, 2.05) is 22.6 Å². The first-order chi connectivity index (χ1) is 9.88. The Morgan fingerprint density at radius 2 is 1.90 bits per heavy atom. The van der Waals surface area contributed by atoms with Crippen molar-refractivity contribution in [3.05, 3.63) is 61.4 Å². The number of thiocarbonyl (C=S) groups is 1. The van der Waals surface area contributed by atoms with E-state index >= 15 is 0 Å². The van der Waals surface area contributed by atoms with Gasteiger partial charge in [-0.1, -0.05) is 28.1 Å². The number of halogens is 3. The van der Waals surface area contributed by atoms with Crippen molar-refractivity contribution in [1.29, 1.82) is 0 Å². The van der Waals surface area contributed by atoms with E-state index in [2.05, 4.69) is 21.2 Å². The number of carbonyl (C=O) groups excluding carboxylic acids is 1. The molecule has 0 heterocycles. The Kier molecular flexibility index (Phi) is 5.28. The summed E-state index contributed by atoms with van der Waals surface area (Å²) in [5.41, 5.74) is 7.09. The highest BCUT2D eigenvalue weighted by atomic mass is 127. The molecule has 2 aromatic rings. The fraction of sp³-hybridized carbons (Fsp3) is 0. The van der Waals surface area contributed by atoms with Crippen LogP contribution in [0.5, 0.6) is 0 Å². The van der Waals surface area contributed by atoms with E-state index in [0.717, 1.165) is 4.47 Å². The lowest BCUT2D eigenvalue weighted by molar-refractivity contribution is 0.102. The summed E-state index contributed by atoms with van der Waals surface area (Å²) < 4.78 is 14.4. The lowest BCUT2D eigenvalue weighted by atomic mass is 10.1. The van der Waals surface area contributed by atoms with Crippen molar-refractivity contribution in [3.63, 3.8) is 0 Å². The predicted octanol–water partition coefficient (Wildman–Crippen LogP) is 4.08. The third-order valence-corrected chi connectivity index (χ3v) is 4.28. The van der Waals surface area contributed by atoms with Crippen LogP contribution in [0, 0.1) is 9.39 Å². The number of carbonyl (C=O) groups is 1. The summed E-state index contributed by atoms with van der Waals surface area (Å²) in [7, 11) is 0. The van der Waals surface area contributed by atoms with E-state index < -0.39 is 0 Å². The number of hydrogen-bond acceptors (Lipinski definition) is 2. The summed E-state index contributed by atoms with van der Waals surface area (Å²) >= 11 is 10.2. The first-order valence-electron chi connectivity index (χ1n) is 5.74. The Hall–Kier alpha value is -1.06.